The van der Waals surface area contributed by atoms with E-state index in [0.29, 0.717) is 22.0 Å². The first-order valence-corrected chi connectivity index (χ1v) is 11.9. The summed E-state index contributed by atoms with van der Waals surface area (Å²) in [7, 11) is 0. The Labute approximate surface area is 219 Å². The van der Waals surface area contributed by atoms with E-state index in [0.717, 1.165) is 16.7 Å². The van der Waals surface area contributed by atoms with E-state index in [2.05, 4.69) is 15.8 Å². The number of carbonyl (C=O) groups excluding carboxylic acids is 2. The van der Waals surface area contributed by atoms with E-state index in [9.17, 15) is 9.59 Å². The van der Waals surface area contributed by atoms with Gasteiger partial charge in [0.25, 0.3) is 11.8 Å². The molecule has 182 valence electrons. The van der Waals surface area contributed by atoms with Crippen molar-refractivity contribution in [1.82, 2.24) is 5.43 Å². The minimum atomic E-state index is -0.736. The van der Waals surface area contributed by atoms with E-state index in [-0.39, 0.29) is 11.5 Å². The molecule has 2 amide bonds. The fourth-order valence-corrected chi connectivity index (χ4v) is 4.08. The van der Waals surface area contributed by atoms with E-state index >= 15 is 0 Å². The summed E-state index contributed by atoms with van der Waals surface area (Å²) >= 11 is 10.9. The minimum Gasteiger partial charge on any atom is -0.468 e. The number of hydrogen-bond acceptors (Lipinski definition) is 5. The summed E-state index contributed by atoms with van der Waals surface area (Å²) in [6.45, 7) is 3.87. The Morgan fingerprint density at radius 1 is 1.00 bits per heavy atom. The van der Waals surface area contributed by atoms with Gasteiger partial charge >= 0.3 is 0 Å². The number of carbonyl (C=O) groups is 2. The molecule has 0 radical (unpaired) electrons. The first kappa shape index (κ1) is 25.3. The third-order valence-corrected chi connectivity index (χ3v) is 6.30. The van der Waals surface area contributed by atoms with Gasteiger partial charge in [-0.2, -0.15) is 17.7 Å². The molecule has 1 heterocycles. The second-order valence-electron chi connectivity index (χ2n) is 8.39. The van der Waals surface area contributed by atoms with E-state index in [1.54, 1.807) is 48.9 Å². The quantitative estimate of drug-likeness (QED) is 0.150. The van der Waals surface area contributed by atoms with Crippen LogP contribution in [0.3, 0.4) is 0 Å². The number of rotatable bonds is 7. The van der Waals surface area contributed by atoms with Gasteiger partial charge in [0.2, 0.25) is 0 Å². The molecule has 3 aromatic carbocycles. The zero-order valence-corrected chi connectivity index (χ0v) is 21.3. The molecular formula is C28H24ClN3O3S. The van der Waals surface area contributed by atoms with Gasteiger partial charge in [0.15, 0.2) is 0 Å². The zero-order valence-electron chi connectivity index (χ0n) is 19.7. The summed E-state index contributed by atoms with van der Waals surface area (Å²) in [6, 6.07) is 23.1. The number of amides is 2. The van der Waals surface area contributed by atoms with Crippen molar-refractivity contribution in [2.75, 3.05) is 5.32 Å². The Hall–Kier alpha value is -3.81. The lowest BCUT2D eigenvalue weighted by atomic mass is 9.95. The topological polar surface area (TPSA) is 83.7 Å². The zero-order chi connectivity index (χ0) is 25.7. The minimum absolute atomic E-state index is 0.183. The van der Waals surface area contributed by atoms with E-state index in [4.69, 9.17) is 28.6 Å². The van der Waals surface area contributed by atoms with E-state index in [1.807, 2.05) is 50.2 Å². The molecule has 1 aromatic heterocycles. The largest absolute Gasteiger partial charge is 0.468 e. The molecule has 1 atom stereocenters. The lowest BCUT2D eigenvalue weighted by molar-refractivity contribution is 0.0956. The average molecular weight is 518 g/mol. The van der Waals surface area contributed by atoms with Gasteiger partial charge in [0.05, 0.1) is 28.5 Å². The van der Waals surface area contributed by atoms with Gasteiger partial charge < -0.3 is 9.73 Å². The molecule has 36 heavy (non-hydrogen) atoms. The molecule has 0 saturated heterocycles. The van der Waals surface area contributed by atoms with Crippen molar-refractivity contribution < 1.29 is 14.0 Å². The van der Waals surface area contributed by atoms with Gasteiger partial charge in [-0.3, -0.25) is 9.59 Å². The van der Waals surface area contributed by atoms with Gasteiger partial charge in [-0.15, -0.1) is 0 Å². The number of nitrogens with one attached hydrogen (secondary N) is 2. The first-order valence-electron chi connectivity index (χ1n) is 11.1. The molecule has 0 fully saturated rings. The molecule has 1 unspecified atom stereocenters. The average Bonchev–Trinajstić information content (AvgIpc) is 3.41. The second kappa shape index (κ2) is 10.8. The predicted molar refractivity (Wildman–Crippen MR) is 146 cm³/mol. The van der Waals surface area contributed by atoms with Gasteiger partial charge in [0.1, 0.15) is 5.76 Å². The van der Waals surface area contributed by atoms with E-state index < -0.39 is 10.7 Å². The monoisotopic (exact) mass is 517 g/mol. The number of furan rings is 1. The Kier molecular flexibility index (Phi) is 7.62. The van der Waals surface area contributed by atoms with Crippen molar-refractivity contribution in [3.05, 3.63) is 124 Å². The maximum atomic E-state index is 13.1. The summed E-state index contributed by atoms with van der Waals surface area (Å²) in [5, 5.41) is 7.19. The van der Waals surface area contributed by atoms with Gasteiger partial charge in [-0.05, 0) is 67.4 Å². The van der Waals surface area contributed by atoms with Crippen molar-refractivity contribution >= 4 is 47.9 Å². The standard InChI is InChI=1S/C28H24ClN3O3S/c1-18-6-3-7-19(14-18)17-30-32-27(34)23-16-22(29)11-12-24(23)31-26(33)20-8-4-9-21(15-20)28(2,36)25-10-5-13-35-25/h3-17,36H,1-2H3,(H,31,33)(H,32,34)/b30-17+. The van der Waals surface area contributed by atoms with Crippen LogP contribution >= 0.6 is 24.2 Å². The normalized spacial score (nSPS) is 12.8. The predicted octanol–water partition coefficient (Wildman–Crippen LogP) is 6.45. The summed E-state index contributed by atoms with van der Waals surface area (Å²) in [5.41, 5.74) is 6.09. The SMILES string of the molecule is Cc1cccc(/C=N/NC(=O)c2cc(Cl)ccc2NC(=O)c2cccc(C(C)(S)c3ccco3)c2)c1. The highest BCUT2D eigenvalue weighted by molar-refractivity contribution is 7.81. The number of aryl methyl sites for hydroxylation is 1. The van der Waals surface area contributed by atoms with Crippen molar-refractivity contribution in [1.29, 1.82) is 0 Å². The van der Waals surface area contributed by atoms with Crippen LogP contribution in [-0.4, -0.2) is 18.0 Å². The van der Waals surface area contributed by atoms with Crippen LogP contribution in [0.4, 0.5) is 5.69 Å². The maximum absolute atomic E-state index is 13.1. The third kappa shape index (κ3) is 5.87. The van der Waals surface area contributed by atoms with Crippen molar-refractivity contribution in [2.45, 2.75) is 18.6 Å². The fraction of sp³-hybridized carbons (Fsp3) is 0.107. The van der Waals surface area contributed by atoms with Crippen molar-refractivity contribution in [3.63, 3.8) is 0 Å². The molecule has 8 heteroatoms. The van der Waals surface area contributed by atoms with Crippen LogP contribution in [0.5, 0.6) is 0 Å². The molecule has 0 bridgehead atoms. The van der Waals surface area contributed by atoms with Crippen molar-refractivity contribution in [3.8, 4) is 0 Å². The van der Waals surface area contributed by atoms with Crippen LogP contribution in [0.15, 0.2) is 94.6 Å². The number of hydrogen-bond donors (Lipinski definition) is 3. The fourth-order valence-electron chi connectivity index (χ4n) is 3.64. The smallest absolute Gasteiger partial charge is 0.273 e. The summed E-state index contributed by atoms with van der Waals surface area (Å²) in [6.07, 6.45) is 3.13. The summed E-state index contributed by atoms with van der Waals surface area (Å²) in [4.78, 5) is 26.0. The molecule has 6 nitrogen and oxygen atoms in total. The van der Waals surface area contributed by atoms with Crippen LogP contribution in [0, 0.1) is 6.92 Å². The molecular weight excluding hydrogens is 494 g/mol. The Bertz CT molecular complexity index is 1430. The van der Waals surface area contributed by atoms with Crippen LogP contribution in [-0.2, 0) is 4.75 Å². The number of benzene rings is 3. The highest BCUT2D eigenvalue weighted by atomic mass is 35.5. The molecule has 4 aromatic rings. The molecule has 0 aliphatic carbocycles. The molecule has 0 saturated carbocycles. The van der Waals surface area contributed by atoms with Gasteiger partial charge in [-0.1, -0.05) is 53.6 Å². The maximum Gasteiger partial charge on any atom is 0.273 e. The second-order valence-corrected chi connectivity index (χ2v) is 9.72. The molecule has 0 aliphatic heterocycles. The van der Waals surface area contributed by atoms with E-state index in [1.165, 1.54) is 6.07 Å². The summed E-state index contributed by atoms with van der Waals surface area (Å²) < 4.78 is 4.79. The number of hydrazone groups is 1. The Morgan fingerprint density at radius 3 is 2.56 bits per heavy atom. The molecule has 0 aliphatic rings. The third-order valence-electron chi connectivity index (χ3n) is 5.58. The van der Waals surface area contributed by atoms with Crippen LogP contribution in [0.2, 0.25) is 5.02 Å². The molecule has 4 rings (SSSR count). The number of nitrogens with zero attached hydrogens (tertiary/aromatic N) is 1. The van der Waals surface area contributed by atoms with Crippen LogP contribution < -0.4 is 10.7 Å². The van der Waals surface area contributed by atoms with Crippen molar-refractivity contribution in [2.24, 2.45) is 5.10 Å². The number of halogens is 1. The Morgan fingerprint density at radius 2 is 1.81 bits per heavy atom. The first-order chi connectivity index (χ1) is 17.2. The van der Waals surface area contributed by atoms with Crippen LogP contribution in [0.25, 0.3) is 0 Å². The lowest BCUT2D eigenvalue weighted by Crippen LogP contribution is -2.22. The highest BCUT2D eigenvalue weighted by Gasteiger charge is 2.28. The van der Waals surface area contributed by atoms with Gasteiger partial charge in [0, 0.05) is 10.6 Å². The highest BCUT2D eigenvalue weighted by Crippen LogP contribution is 2.36. The Balaban J connectivity index is 1.53. The lowest BCUT2D eigenvalue weighted by Gasteiger charge is -2.22. The van der Waals surface area contributed by atoms with Gasteiger partial charge in [-0.25, -0.2) is 5.43 Å². The summed E-state index contributed by atoms with van der Waals surface area (Å²) in [5.74, 6) is -0.238. The number of anilines is 1. The van der Waals surface area contributed by atoms with Crippen LogP contribution in [0.1, 0.15) is 50.1 Å². The number of thiol groups is 1. The molecule has 2 N–H and O–H groups in total. The molecule has 0 spiro atoms.